The van der Waals surface area contributed by atoms with E-state index in [0.717, 1.165) is 10.9 Å². The van der Waals surface area contributed by atoms with Crippen LogP contribution in [0.1, 0.15) is 4.88 Å². The van der Waals surface area contributed by atoms with Gasteiger partial charge in [-0.25, -0.2) is 4.39 Å². The van der Waals surface area contributed by atoms with E-state index < -0.39 is 10.7 Å². The fourth-order valence-corrected chi connectivity index (χ4v) is 1.81. The van der Waals surface area contributed by atoms with E-state index in [2.05, 4.69) is 10.3 Å². The van der Waals surface area contributed by atoms with Crippen LogP contribution in [0.5, 0.6) is 0 Å². The van der Waals surface area contributed by atoms with Crippen LogP contribution in [-0.4, -0.2) is 9.91 Å². The van der Waals surface area contributed by atoms with E-state index >= 15 is 0 Å². The van der Waals surface area contributed by atoms with Gasteiger partial charge in [0.15, 0.2) is 5.82 Å². The maximum absolute atomic E-state index is 13.5. The van der Waals surface area contributed by atoms with Gasteiger partial charge in [0.25, 0.3) is 5.69 Å². The number of hydrogen-bond acceptors (Lipinski definition) is 5. The highest BCUT2D eigenvalue weighted by molar-refractivity contribution is 7.09. The largest absolute Gasteiger partial charge is 0.378 e. The molecule has 2 aromatic rings. The van der Waals surface area contributed by atoms with Crippen LogP contribution in [0.4, 0.5) is 15.8 Å². The highest BCUT2D eigenvalue weighted by Crippen LogP contribution is 2.21. The van der Waals surface area contributed by atoms with Crippen molar-refractivity contribution in [2.75, 3.05) is 5.32 Å². The van der Waals surface area contributed by atoms with Crippen LogP contribution >= 0.6 is 11.3 Å². The molecule has 0 radical (unpaired) electrons. The highest BCUT2D eigenvalue weighted by atomic mass is 32.1. The van der Waals surface area contributed by atoms with E-state index in [9.17, 15) is 14.5 Å². The van der Waals surface area contributed by atoms with E-state index in [1.807, 2.05) is 0 Å². The monoisotopic (exact) mass is 253 g/mol. The molecule has 1 aromatic carbocycles. The molecule has 0 bridgehead atoms. The smallest absolute Gasteiger partial charge is 0.272 e. The molecule has 1 N–H and O–H groups in total. The van der Waals surface area contributed by atoms with E-state index in [4.69, 9.17) is 0 Å². The van der Waals surface area contributed by atoms with Crippen molar-refractivity contribution in [1.82, 2.24) is 4.98 Å². The Hall–Kier alpha value is -2.02. The Morgan fingerprint density at radius 1 is 1.53 bits per heavy atom. The first-order chi connectivity index (χ1) is 8.16. The number of nitro groups is 1. The maximum Gasteiger partial charge on any atom is 0.272 e. The van der Waals surface area contributed by atoms with Crippen molar-refractivity contribution in [2.24, 2.45) is 0 Å². The minimum Gasteiger partial charge on any atom is -0.378 e. The third-order valence-electron chi connectivity index (χ3n) is 2.10. The Bertz CT molecular complexity index is 530. The average molecular weight is 253 g/mol. The number of benzene rings is 1. The zero-order valence-electron chi connectivity index (χ0n) is 8.59. The molecule has 0 aliphatic heterocycles. The van der Waals surface area contributed by atoms with Gasteiger partial charge in [-0.3, -0.25) is 15.1 Å². The summed E-state index contributed by atoms with van der Waals surface area (Å²) < 4.78 is 13.5. The van der Waals surface area contributed by atoms with Gasteiger partial charge in [0.2, 0.25) is 0 Å². The molecule has 88 valence electrons. The average Bonchev–Trinajstić information content (AvgIpc) is 2.80. The van der Waals surface area contributed by atoms with E-state index in [1.54, 1.807) is 11.7 Å². The second-order valence-corrected chi connectivity index (χ2v) is 4.21. The van der Waals surface area contributed by atoms with Crippen molar-refractivity contribution < 1.29 is 9.31 Å². The minimum absolute atomic E-state index is 0.240. The topological polar surface area (TPSA) is 68.1 Å². The first-order valence-electron chi connectivity index (χ1n) is 4.72. The molecule has 0 saturated heterocycles. The summed E-state index contributed by atoms with van der Waals surface area (Å²) in [6.45, 7) is 0.444. The van der Waals surface area contributed by atoms with E-state index in [-0.39, 0.29) is 11.4 Å². The number of nitrogens with zero attached hydrogens (tertiary/aromatic N) is 2. The molecule has 1 heterocycles. The predicted octanol–water partition coefficient (Wildman–Crippen LogP) is 2.80. The zero-order valence-corrected chi connectivity index (χ0v) is 9.41. The lowest BCUT2D eigenvalue weighted by atomic mass is 10.2. The fourth-order valence-electron chi connectivity index (χ4n) is 1.27. The molecule has 0 aliphatic carbocycles. The van der Waals surface area contributed by atoms with Crippen molar-refractivity contribution in [1.29, 1.82) is 0 Å². The molecule has 1 aromatic heterocycles. The lowest BCUT2D eigenvalue weighted by Crippen LogP contribution is -2.00. The van der Waals surface area contributed by atoms with Gasteiger partial charge in [-0.1, -0.05) is 0 Å². The Labute approximate surface area is 100 Å². The lowest BCUT2D eigenvalue weighted by molar-refractivity contribution is -0.385. The third-order valence-corrected chi connectivity index (χ3v) is 2.88. The van der Waals surface area contributed by atoms with Gasteiger partial charge in [-0.15, -0.1) is 11.3 Å². The summed E-state index contributed by atoms with van der Waals surface area (Å²) in [6.07, 6.45) is 1.68. The van der Waals surface area contributed by atoms with Gasteiger partial charge < -0.3 is 5.32 Å². The van der Waals surface area contributed by atoms with Crippen LogP contribution in [0.25, 0.3) is 0 Å². The number of non-ortho nitro benzene ring substituents is 1. The van der Waals surface area contributed by atoms with Crippen molar-refractivity contribution in [2.45, 2.75) is 6.54 Å². The molecule has 0 atom stereocenters. The molecule has 0 aliphatic rings. The Morgan fingerprint density at radius 2 is 2.35 bits per heavy atom. The lowest BCUT2D eigenvalue weighted by Gasteiger charge is -2.05. The number of nitrogens with one attached hydrogen (secondary N) is 1. The minimum atomic E-state index is -0.635. The van der Waals surface area contributed by atoms with Crippen molar-refractivity contribution in [3.63, 3.8) is 0 Å². The molecule has 2 rings (SSSR count). The summed E-state index contributed by atoms with van der Waals surface area (Å²) in [5.41, 5.74) is 1.67. The number of aromatic nitrogens is 1. The Morgan fingerprint density at radius 3 is 2.94 bits per heavy atom. The number of hydrogen-bond donors (Lipinski definition) is 1. The van der Waals surface area contributed by atoms with Gasteiger partial charge in [-0.2, -0.15) is 0 Å². The molecule has 0 spiro atoms. The van der Waals surface area contributed by atoms with Crippen LogP contribution < -0.4 is 5.32 Å². The van der Waals surface area contributed by atoms with Crippen molar-refractivity contribution >= 4 is 22.7 Å². The second kappa shape index (κ2) is 4.88. The molecule has 0 amide bonds. The van der Waals surface area contributed by atoms with Crippen LogP contribution in [0.3, 0.4) is 0 Å². The summed E-state index contributed by atoms with van der Waals surface area (Å²) in [4.78, 5) is 14.6. The molecule has 7 heteroatoms. The molecule has 17 heavy (non-hydrogen) atoms. The molecule has 0 fully saturated rings. The third kappa shape index (κ3) is 2.76. The maximum atomic E-state index is 13.5. The highest BCUT2D eigenvalue weighted by Gasteiger charge is 2.10. The summed E-state index contributed by atoms with van der Waals surface area (Å²) in [7, 11) is 0. The number of halogens is 1. The summed E-state index contributed by atoms with van der Waals surface area (Å²) >= 11 is 1.45. The van der Waals surface area contributed by atoms with Gasteiger partial charge in [0.05, 0.1) is 28.7 Å². The van der Waals surface area contributed by atoms with Gasteiger partial charge in [-0.05, 0) is 6.07 Å². The molecule has 0 unspecified atom stereocenters. The number of thiazole rings is 1. The van der Waals surface area contributed by atoms with Crippen LogP contribution in [0.2, 0.25) is 0 Å². The molecular formula is C10H8FN3O2S. The standard InChI is InChI=1S/C10H8FN3O2S/c11-9-3-7(14(15)16)1-2-10(9)13-5-8-4-12-6-17-8/h1-4,6,13H,5H2. The Balaban J connectivity index is 2.09. The SMILES string of the molecule is O=[N+]([O-])c1ccc(NCc2cncs2)c(F)c1. The van der Waals surface area contributed by atoms with Gasteiger partial charge in [0.1, 0.15) is 0 Å². The number of anilines is 1. The van der Waals surface area contributed by atoms with E-state index in [0.29, 0.717) is 6.54 Å². The van der Waals surface area contributed by atoms with Gasteiger partial charge >= 0.3 is 0 Å². The van der Waals surface area contributed by atoms with Crippen molar-refractivity contribution in [3.8, 4) is 0 Å². The first-order valence-corrected chi connectivity index (χ1v) is 5.60. The summed E-state index contributed by atoms with van der Waals surface area (Å²) in [6, 6.07) is 3.52. The fraction of sp³-hybridized carbons (Fsp3) is 0.100. The van der Waals surface area contributed by atoms with Crippen LogP contribution in [-0.2, 0) is 6.54 Å². The molecular weight excluding hydrogens is 245 g/mol. The normalized spacial score (nSPS) is 10.2. The predicted molar refractivity (Wildman–Crippen MR) is 62.5 cm³/mol. The Kier molecular flexibility index (Phi) is 3.29. The summed E-state index contributed by atoms with van der Waals surface area (Å²) in [5.74, 6) is -0.635. The molecule has 5 nitrogen and oxygen atoms in total. The molecule has 0 saturated carbocycles. The van der Waals surface area contributed by atoms with Crippen molar-refractivity contribution in [3.05, 3.63) is 50.7 Å². The van der Waals surface area contributed by atoms with Crippen LogP contribution in [0.15, 0.2) is 29.9 Å². The van der Waals surface area contributed by atoms with E-state index in [1.165, 1.54) is 23.5 Å². The van der Waals surface area contributed by atoms with Crippen LogP contribution in [0, 0.1) is 15.9 Å². The summed E-state index contributed by atoms with van der Waals surface area (Å²) in [5, 5.41) is 13.3. The first kappa shape index (κ1) is 11.5. The zero-order chi connectivity index (χ0) is 12.3. The number of rotatable bonds is 4. The number of nitro benzene ring substituents is 1. The second-order valence-electron chi connectivity index (χ2n) is 3.24. The van der Waals surface area contributed by atoms with Gasteiger partial charge in [0, 0.05) is 17.1 Å². The quantitative estimate of drug-likeness (QED) is 0.672.